The molecule has 102 valence electrons. The fourth-order valence-corrected chi connectivity index (χ4v) is 2.03. The van der Waals surface area contributed by atoms with Crippen molar-refractivity contribution < 1.29 is 4.39 Å². The number of hydrogen-bond acceptors (Lipinski definition) is 2. The Labute approximate surface area is 117 Å². The zero-order valence-corrected chi connectivity index (χ0v) is 11.6. The molecule has 1 N–H and O–H groups in total. The molecule has 19 heavy (non-hydrogen) atoms. The molecule has 0 aliphatic carbocycles. The molecule has 3 nitrogen and oxygen atoms in total. The van der Waals surface area contributed by atoms with Gasteiger partial charge >= 0.3 is 0 Å². The Kier molecular flexibility index (Phi) is 4.93. The van der Waals surface area contributed by atoms with Crippen molar-refractivity contribution in [3.05, 3.63) is 52.8 Å². The average molecular weight is 282 g/mol. The number of aromatic nitrogens is 2. The lowest BCUT2D eigenvalue weighted by Crippen LogP contribution is -2.13. The first-order valence-corrected chi connectivity index (χ1v) is 6.72. The van der Waals surface area contributed by atoms with Gasteiger partial charge in [-0.3, -0.25) is 0 Å². The molecule has 2 aromatic rings. The third kappa shape index (κ3) is 3.78. The van der Waals surface area contributed by atoms with Gasteiger partial charge in [0.2, 0.25) is 0 Å². The van der Waals surface area contributed by atoms with Crippen molar-refractivity contribution in [1.82, 2.24) is 14.9 Å². The molecule has 0 saturated carbocycles. The number of nitrogens with one attached hydrogen (secondary N) is 1. The van der Waals surface area contributed by atoms with Crippen molar-refractivity contribution >= 4 is 11.6 Å². The summed E-state index contributed by atoms with van der Waals surface area (Å²) in [7, 11) is 0. The average Bonchev–Trinajstić information content (AvgIpc) is 2.83. The van der Waals surface area contributed by atoms with Gasteiger partial charge in [0.25, 0.3) is 0 Å². The van der Waals surface area contributed by atoms with Crippen molar-refractivity contribution in [3.63, 3.8) is 0 Å². The van der Waals surface area contributed by atoms with Gasteiger partial charge in [0.05, 0.1) is 23.6 Å². The minimum absolute atomic E-state index is 0.182. The van der Waals surface area contributed by atoms with Crippen LogP contribution in [0.25, 0.3) is 0 Å². The van der Waals surface area contributed by atoms with Gasteiger partial charge in [-0.25, -0.2) is 9.37 Å². The molecule has 2 rings (SSSR count). The highest BCUT2D eigenvalue weighted by Crippen LogP contribution is 2.20. The normalized spacial score (nSPS) is 10.9. The molecule has 0 aliphatic rings. The minimum atomic E-state index is -0.385. The molecule has 0 spiro atoms. The van der Waals surface area contributed by atoms with Crippen LogP contribution in [0.15, 0.2) is 30.7 Å². The van der Waals surface area contributed by atoms with Crippen LogP contribution >= 0.6 is 11.6 Å². The molecule has 1 aromatic heterocycles. The van der Waals surface area contributed by atoms with Crippen LogP contribution in [0.5, 0.6) is 0 Å². The van der Waals surface area contributed by atoms with Crippen molar-refractivity contribution in [1.29, 1.82) is 0 Å². The summed E-state index contributed by atoms with van der Waals surface area (Å²) in [5.74, 6) is -0.385. The number of imidazole rings is 1. The van der Waals surface area contributed by atoms with E-state index < -0.39 is 0 Å². The van der Waals surface area contributed by atoms with E-state index in [2.05, 4.69) is 17.2 Å². The lowest BCUT2D eigenvalue weighted by Gasteiger charge is -2.05. The predicted octanol–water partition coefficient (Wildman–Crippen LogP) is 3.22. The van der Waals surface area contributed by atoms with Crippen molar-refractivity contribution in [2.45, 2.75) is 26.4 Å². The van der Waals surface area contributed by atoms with Gasteiger partial charge in [-0.15, -0.1) is 0 Å². The number of benzene rings is 1. The summed E-state index contributed by atoms with van der Waals surface area (Å²) < 4.78 is 15.2. The molecular formula is C14H17ClFN3. The molecular weight excluding hydrogens is 265 g/mol. The monoisotopic (exact) mass is 281 g/mol. The fourth-order valence-electron chi connectivity index (χ4n) is 1.84. The molecule has 0 saturated heterocycles. The minimum Gasteiger partial charge on any atom is -0.333 e. The second-order valence-electron chi connectivity index (χ2n) is 4.43. The van der Waals surface area contributed by atoms with Gasteiger partial charge in [-0.1, -0.05) is 30.7 Å². The Bertz CT molecular complexity index is 539. The Hall–Kier alpha value is -1.39. The van der Waals surface area contributed by atoms with E-state index in [4.69, 9.17) is 11.6 Å². The first kappa shape index (κ1) is 14.0. The molecule has 1 aromatic carbocycles. The molecule has 0 unspecified atom stereocenters. The highest BCUT2D eigenvalue weighted by Gasteiger charge is 2.06. The summed E-state index contributed by atoms with van der Waals surface area (Å²) in [6, 6.07) is 4.84. The van der Waals surface area contributed by atoms with E-state index in [1.807, 2.05) is 16.8 Å². The molecule has 0 radical (unpaired) electrons. The van der Waals surface area contributed by atoms with Crippen LogP contribution in [-0.2, 0) is 13.1 Å². The van der Waals surface area contributed by atoms with E-state index in [0.29, 0.717) is 6.54 Å². The maximum Gasteiger partial charge on any atom is 0.142 e. The van der Waals surface area contributed by atoms with E-state index in [1.54, 1.807) is 12.4 Å². The molecule has 5 heteroatoms. The fraction of sp³-hybridized carbons (Fsp3) is 0.357. The zero-order valence-electron chi connectivity index (χ0n) is 10.9. The molecule has 0 amide bonds. The van der Waals surface area contributed by atoms with Crippen LogP contribution in [0, 0.1) is 5.82 Å². The molecule has 0 aliphatic heterocycles. The topological polar surface area (TPSA) is 29.9 Å². The summed E-state index contributed by atoms with van der Waals surface area (Å²) in [6.45, 7) is 4.37. The maximum absolute atomic E-state index is 13.3. The van der Waals surface area contributed by atoms with Crippen LogP contribution in [-0.4, -0.2) is 16.1 Å². The van der Waals surface area contributed by atoms with E-state index in [-0.39, 0.29) is 10.8 Å². The summed E-state index contributed by atoms with van der Waals surface area (Å²) >= 11 is 5.93. The lowest BCUT2D eigenvalue weighted by atomic mass is 10.2. The quantitative estimate of drug-likeness (QED) is 0.824. The van der Waals surface area contributed by atoms with Crippen molar-refractivity contribution in [2.24, 2.45) is 0 Å². The summed E-state index contributed by atoms with van der Waals surface area (Å²) in [4.78, 5) is 4.30. The first-order chi connectivity index (χ1) is 9.20. The van der Waals surface area contributed by atoms with E-state index >= 15 is 0 Å². The van der Waals surface area contributed by atoms with E-state index in [1.165, 1.54) is 6.07 Å². The largest absolute Gasteiger partial charge is 0.333 e. The number of halogens is 2. The van der Waals surface area contributed by atoms with Crippen molar-refractivity contribution in [3.8, 4) is 0 Å². The first-order valence-electron chi connectivity index (χ1n) is 6.35. The molecule has 0 fully saturated rings. The molecule has 0 atom stereocenters. The summed E-state index contributed by atoms with van der Waals surface area (Å²) in [6.07, 6.45) is 4.79. The summed E-state index contributed by atoms with van der Waals surface area (Å²) in [5, 5.41) is 3.47. The second-order valence-corrected chi connectivity index (χ2v) is 4.81. The standard InChI is InChI=1S/C14H17ClFN3/c1-2-6-17-7-12-9-19(10-18-12)8-11-4-3-5-13(16)14(11)15/h3-5,9-10,17H,2,6-8H2,1H3. The van der Waals surface area contributed by atoms with E-state index in [0.717, 1.165) is 30.8 Å². The Morgan fingerprint density at radius 2 is 2.26 bits per heavy atom. The van der Waals surface area contributed by atoms with Gasteiger partial charge < -0.3 is 9.88 Å². The van der Waals surface area contributed by atoms with Gasteiger partial charge in [-0.2, -0.15) is 0 Å². The van der Waals surface area contributed by atoms with Gasteiger partial charge in [-0.05, 0) is 24.6 Å². The molecule has 0 bridgehead atoms. The smallest absolute Gasteiger partial charge is 0.142 e. The van der Waals surface area contributed by atoms with Gasteiger partial charge in [0, 0.05) is 12.7 Å². The highest BCUT2D eigenvalue weighted by molar-refractivity contribution is 6.31. The van der Waals surface area contributed by atoms with Crippen LogP contribution in [0.4, 0.5) is 4.39 Å². The zero-order chi connectivity index (χ0) is 13.7. The number of hydrogen-bond donors (Lipinski definition) is 1. The predicted molar refractivity (Wildman–Crippen MR) is 74.7 cm³/mol. The third-order valence-corrected chi connectivity index (χ3v) is 3.23. The Balaban J connectivity index is 2.01. The maximum atomic E-state index is 13.3. The van der Waals surface area contributed by atoms with Crippen LogP contribution < -0.4 is 5.32 Å². The van der Waals surface area contributed by atoms with Crippen LogP contribution in [0.3, 0.4) is 0 Å². The SMILES string of the molecule is CCCNCc1cn(Cc2cccc(F)c2Cl)cn1. The van der Waals surface area contributed by atoms with Crippen LogP contribution in [0.1, 0.15) is 24.6 Å². The highest BCUT2D eigenvalue weighted by atomic mass is 35.5. The number of rotatable bonds is 6. The summed E-state index contributed by atoms with van der Waals surface area (Å²) in [5.41, 5.74) is 1.73. The Morgan fingerprint density at radius 3 is 3.05 bits per heavy atom. The third-order valence-electron chi connectivity index (χ3n) is 2.80. The van der Waals surface area contributed by atoms with Crippen LogP contribution in [0.2, 0.25) is 5.02 Å². The second kappa shape index (κ2) is 6.68. The number of nitrogens with zero attached hydrogens (tertiary/aromatic N) is 2. The van der Waals surface area contributed by atoms with Crippen molar-refractivity contribution in [2.75, 3.05) is 6.54 Å². The van der Waals surface area contributed by atoms with Gasteiger partial charge in [0.15, 0.2) is 0 Å². The van der Waals surface area contributed by atoms with Gasteiger partial charge in [0.1, 0.15) is 5.82 Å². The van der Waals surface area contributed by atoms with E-state index in [9.17, 15) is 4.39 Å². The molecule has 1 heterocycles. The lowest BCUT2D eigenvalue weighted by molar-refractivity contribution is 0.624. The Morgan fingerprint density at radius 1 is 1.42 bits per heavy atom.